The van der Waals surface area contributed by atoms with Crippen LogP contribution in [0.3, 0.4) is 0 Å². The summed E-state index contributed by atoms with van der Waals surface area (Å²) >= 11 is 0. The van der Waals surface area contributed by atoms with Crippen molar-refractivity contribution in [1.82, 2.24) is 4.90 Å². The summed E-state index contributed by atoms with van der Waals surface area (Å²) in [5.74, 6) is 0.684. The Hall–Kier alpha value is -0.820. The summed E-state index contributed by atoms with van der Waals surface area (Å²) in [5, 5.41) is 0. The molecule has 66 valence electrons. The van der Waals surface area contributed by atoms with Crippen molar-refractivity contribution in [1.29, 1.82) is 0 Å². The van der Waals surface area contributed by atoms with E-state index in [0.717, 1.165) is 13.0 Å². The summed E-state index contributed by atoms with van der Waals surface area (Å²) < 4.78 is 0. The zero-order chi connectivity index (χ0) is 8.97. The van der Waals surface area contributed by atoms with E-state index in [1.165, 1.54) is 5.57 Å². The summed E-state index contributed by atoms with van der Waals surface area (Å²) in [5.41, 5.74) is 1.25. The van der Waals surface area contributed by atoms with E-state index in [2.05, 4.69) is 43.8 Å². The molecule has 0 N–H and O–H groups in total. The van der Waals surface area contributed by atoms with Crippen LogP contribution in [0.5, 0.6) is 0 Å². The maximum absolute atomic E-state index is 3.74. The third kappa shape index (κ3) is 2.67. The van der Waals surface area contributed by atoms with E-state index in [9.17, 15) is 0 Å². The number of hydrogen-bond acceptors (Lipinski definition) is 1. The van der Waals surface area contributed by atoms with Crippen LogP contribution in [0.25, 0.3) is 0 Å². The Kier molecular flexibility index (Phi) is 3.30. The number of allylic oxidation sites excluding steroid dienone is 4. The molecule has 1 atom stereocenters. The Morgan fingerprint density at radius 2 is 2.42 bits per heavy atom. The van der Waals surface area contributed by atoms with Gasteiger partial charge < -0.3 is 4.90 Å². The molecule has 0 spiro atoms. The average molecular weight is 163 g/mol. The fourth-order valence-corrected chi connectivity index (χ4v) is 1.44. The lowest BCUT2D eigenvalue weighted by Gasteiger charge is -2.19. The maximum atomic E-state index is 3.74. The van der Waals surface area contributed by atoms with Gasteiger partial charge >= 0.3 is 0 Å². The molecule has 0 aliphatic heterocycles. The molecule has 1 heteroatoms. The number of hydrogen-bond donors (Lipinski definition) is 0. The van der Waals surface area contributed by atoms with Crippen LogP contribution >= 0.6 is 0 Å². The van der Waals surface area contributed by atoms with Gasteiger partial charge in [0.25, 0.3) is 0 Å². The molecule has 1 unspecified atom stereocenters. The van der Waals surface area contributed by atoms with Crippen molar-refractivity contribution >= 4 is 0 Å². The van der Waals surface area contributed by atoms with E-state index in [1.54, 1.807) is 0 Å². The van der Waals surface area contributed by atoms with Crippen LogP contribution in [0.2, 0.25) is 0 Å². The molecular formula is C11H17N. The van der Waals surface area contributed by atoms with E-state index in [0.29, 0.717) is 5.92 Å². The fraction of sp³-hybridized carbons (Fsp3) is 0.455. The Morgan fingerprint density at radius 1 is 1.67 bits per heavy atom. The average Bonchev–Trinajstić information content (AvgIpc) is 2.05. The highest BCUT2D eigenvalue weighted by atomic mass is 15.1. The van der Waals surface area contributed by atoms with Gasteiger partial charge in [-0.2, -0.15) is 0 Å². The summed E-state index contributed by atoms with van der Waals surface area (Å²) in [6, 6.07) is 0. The normalized spacial score (nSPS) is 22.6. The van der Waals surface area contributed by atoms with Crippen LogP contribution in [0.15, 0.2) is 36.5 Å². The van der Waals surface area contributed by atoms with Gasteiger partial charge in [0.2, 0.25) is 0 Å². The molecule has 0 amide bonds. The van der Waals surface area contributed by atoms with Crippen molar-refractivity contribution in [3.63, 3.8) is 0 Å². The van der Waals surface area contributed by atoms with E-state index >= 15 is 0 Å². The third-order valence-electron chi connectivity index (χ3n) is 2.05. The fourth-order valence-electron chi connectivity index (χ4n) is 1.44. The maximum Gasteiger partial charge on any atom is 0.00413 e. The van der Waals surface area contributed by atoms with Gasteiger partial charge in [0.05, 0.1) is 0 Å². The van der Waals surface area contributed by atoms with E-state index in [-0.39, 0.29) is 0 Å². The molecule has 0 aromatic heterocycles. The minimum absolute atomic E-state index is 0.684. The lowest BCUT2D eigenvalue weighted by molar-refractivity contribution is 0.359. The molecule has 0 saturated heterocycles. The summed E-state index contributed by atoms with van der Waals surface area (Å²) in [6.07, 6.45) is 9.74. The van der Waals surface area contributed by atoms with E-state index in [4.69, 9.17) is 0 Å². The van der Waals surface area contributed by atoms with Crippen molar-refractivity contribution in [2.75, 3.05) is 20.6 Å². The second-order valence-electron chi connectivity index (χ2n) is 3.53. The Labute approximate surface area is 75.1 Å². The molecule has 0 radical (unpaired) electrons. The molecule has 0 aromatic rings. The van der Waals surface area contributed by atoms with Gasteiger partial charge in [-0.05, 0) is 32.0 Å². The molecule has 1 rings (SSSR count). The van der Waals surface area contributed by atoms with Crippen LogP contribution < -0.4 is 0 Å². The van der Waals surface area contributed by atoms with Gasteiger partial charge in [0.15, 0.2) is 0 Å². The minimum atomic E-state index is 0.684. The standard InChI is InChI=1S/C11H17N/c1-4-10-5-7-11(8-6-10)9-12(2)3/h4-7,11H,1,8-9H2,2-3H3. The smallest absolute Gasteiger partial charge is 0.00413 e. The third-order valence-corrected chi connectivity index (χ3v) is 2.05. The molecule has 0 fully saturated rings. The molecule has 0 heterocycles. The molecule has 0 aromatic carbocycles. The molecule has 1 aliphatic rings. The Morgan fingerprint density at radius 3 is 2.83 bits per heavy atom. The molecular weight excluding hydrogens is 146 g/mol. The van der Waals surface area contributed by atoms with Crippen molar-refractivity contribution in [2.45, 2.75) is 6.42 Å². The van der Waals surface area contributed by atoms with Gasteiger partial charge in [-0.25, -0.2) is 0 Å². The van der Waals surface area contributed by atoms with Crippen molar-refractivity contribution in [2.24, 2.45) is 5.92 Å². The van der Waals surface area contributed by atoms with Gasteiger partial charge in [0.1, 0.15) is 0 Å². The highest BCUT2D eigenvalue weighted by Crippen LogP contribution is 2.16. The number of nitrogens with zero attached hydrogens (tertiary/aromatic N) is 1. The largest absolute Gasteiger partial charge is 0.309 e. The Balaban J connectivity index is 2.43. The zero-order valence-electron chi connectivity index (χ0n) is 7.96. The summed E-state index contributed by atoms with van der Waals surface area (Å²) in [4.78, 5) is 2.22. The summed E-state index contributed by atoms with van der Waals surface area (Å²) in [6.45, 7) is 4.88. The van der Waals surface area contributed by atoms with Crippen LogP contribution in [0, 0.1) is 5.92 Å². The highest BCUT2D eigenvalue weighted by molar-refractivity contribution is 5.32. The molecule has 1 nitrogen and oxygen atoms in total. The van der Waals surface area contributed by atoms with Crippen molar-refractivity contribution < 1.29 is 0 Å². The molecule has 1 aliphatic carbocycles. The molecule has 12 heavy (non-hydrogen) atoms. The molecule has 0 bridgehead atoms. The Bertz CT molecular complexity index is 211. The van der Waals surface area contributed by atoms with Crippen LogP contribution in [-0.2, 0) is 0 Å². The van der Waals surface area contributed by atoms with Gasteiger partial charge in [-0.3, -0.25) is 0 Å². The predicted molar refractivity (Wildman–Crippen MR) is 54.1 cm³/mol. The van der Waals surface area contributed by atoms with Crippen LogP contribution in [0.1, 0.15) is 6.42 Å². The first-order chi connectivity index (χ1) is 5.72. The van der Waals surface area contributed by atoms with Gasteiger partial charge in [0, 0.05) is 6.54 Å². The molecule has 0 saturated carbocycles. The monoisotopic (exact) mass is 163 g/mol. The van der Waals surface area contributed by atoms with Crippen LogP contribution in [-0.4, -0.2) is 25.5 Å². The number of rotatable bonds is 3. The van der Waals surface area contributed by atoms with E-state index < -0.39 is 0 Å². The lowest BCUT2D eigenvalue weighted by Crippen LogP contribution is -2.20. The first-order valence-electron chi connectivity index (χ1n) is 4.38. The first-order valence-corrected chi connectivity index (χ1v) is 4.38. The summed E-state index contributed by atoms with van der Waals surface area (Å²) in [7, 11) is 4.22. The van der Waals surface area contributed by atoms with Crippen LogP contribution in [0.4, 0.5) is 0 Å². The van der Waals surface area contributed by atoms with Crippen molar-refractivity contribution in [3.8, 4) is 0 Å². The minimum Gasteiger partial charge on any atom is -0.309 e. The lowest BCUT2D eigenvalue weighted by atomic mass is 9.96. The van der Waals surface area contributed by atoms with Gasteiger partial charge in [-0.15, -0.1) is 0 Å². The second kappa shape index (κ2) is 4.27. The van der Waals surface area contributed by atoms with Gasteiger partial charge in [-0.1, -0.05) is 30.9 Å². The first kappa shape index (κ1) is 9.27. The zero-order valence-corrected chi connectivity index (χ0v) is 7.96. The topological polar surface area (TPSA) is 3.24 Å². The predicted octanol–water partition coefficient (Wildman–Crippen LogP) is 2.24. The van der Waals surface area contributed by atoms with Crippen molar-refractivity contribution in [3.05, 3.63) is 36.5 Å². The highest BCUT2D eigenvalue weighted by Gasteiger charge is 2.07. The SMILES string of the molecule is C=CC1=CCC(CN(C)C)C=C1. The quantitative estimate of drug-likeness (QED) is 0.616. The second-order valence-corrected chi connectivity index (χ2v) is 3.53. The van der Waals surface area contributed by atoms with E-state index in [1.807, 2.05) is 6.08 Å².